The molecule has 13 aliphatic rings. The minimum Gasteiger partial charge on any atom is -0.479 e. The molecular weight excluding hydrogens is 1570 g/mol. The molecule has 8 heterocycles. The van der Waals surface area contributed by atoms with E-state index < -0.39 is 323 Å². The second-order valence-electron chi connectivity index (χ2n) is 36.3. The van der Waals surface area contributed by atoms with Crippen molar-refractivity contribution in [3.8, 4) is 0 Å². The van der Waals surface area contributed by atoms with Gasteiger partial charge in [-0.3, -0.25) is 4.79 Å². The number of aldehydes is 1. The SMILES string of the molecule is C[C@@H]1O[C@@H](O[C@@H]2[C@@H](OC(=O)[C@]34CCC(C)(C)C[C@H]3C3=CC[C@H]5[C@@]6(C)CC[C@H](O[C@H]7O[C@H](C(=O)O)[C@@H](O[C@@H]8O[C@H](CO)[C@H](O)[C@H](O)[C@H]8O)[C@@H](O[C@@H]8O[C@H](CO)[C@H](O)[C@H](O)[C@H]8O[C@@H]8OC[C@@H](O)[C@H](O)[C@H]8O)[C@H]7O[C@H]7OC[C@H](O)[C@@H](O)[C@@H]7O)[C@@](C)(C=O)[C@@H]6CC[C@@]5(C)[C@]3(C)CC4)O[C@@H](C)[C@@H](O)[C@H]2O)[C@@H](O[C@H]2O[C@@H](CO)[C@H](O)[C@@H](O)[C@@H]2O)[C@@H](O)[C@H]1O. The summed E-state index contributed by atoms with van der Waals surface area (Å²) in [5.41, 5.74) is -4.13. The fourth-order valence-corrected chi connectivity index (χ4v) is 21.5. The quantitative estimate of drug-likeness (QED) is 0.0220. The van der Waals surface area contributed by atoms with Crippen molar-refractivity contribution in [1.29, 1.82) is 0 Å². The minimum atomic E-state index is -2.45. The van der Waals surface area contributed by atoms with E-state index in [-0.39, 0.29) is 24.2 Å². The van der Waals surface area contributed by atoms with Crippen molar-refractivity contribution in [1.82, 2.24) is 0 Å². The van der Waals surface area contributed by atoms with Crippen molar-refractivity contribution >= 4 is 18.2 Å². The summed E-state index contributed by atoms with van der Waals surface area (Å²) < 4.78 is 98.4. The van der Waals surface area contributed by atoms with Crippen LogP contribution < -0.4 is 0 Å². The molecule has 670 valence electrons. The van der Waals surface area contributed by atoms with Gasteiger partial charge in [0.05, 0.1) is 62.2 Å². The standard InChI is InChI=1S/C76H120O41/c1-26-38(83)47(92)54(111-64-52(97)45(90)42(87)32(20-77)106-64)66(104-26)112-55-48(93)39(84)27(2)105-67(55)117-70(101)76-17-15-71(3,4)19-29(76)28-9-10-36-72(5)13-12-37(73(6,25-80)35(72)11-14-75(36,8)74(28,7)16-18-76)109-69-60(116-63-51(96)41(86)31(82)24-103-63)58(57(59(115-69)61(99)100)113-65-53(98)46(91)43(88)33(21-78)107-65)114-68-56(49(94)44(89)34(22-79)108-68)110-62-50(95)40(85)30(81)23-102-62/h9,25-27,29-60,62-69,77-79,81-98H,10-24H2,1-8H3,(H,99,100)/t26-,27-,29-,30+,31-,32-,33+,34+,35+,36-,37-,38-,39+,40-,41+,42-,43-,44-,45+,46-,47-,48+,49-,50+,51-,52-,53+,54-,55-,56+,57-,58+,59-,60+,62-,63+,64+,65-,66-,67+,68-,69-,72-,73-,74+,75+,76-/m0/s1. The molecule has 41 nitrogen and oxygen atoms in total. The first-order valence-electron chi connectivity index (χ1n) is 40.4. The average Bonchev–Trinajstić information content (AvgIpc) is 0.672. The van der Waals surface area contributed by atoms with Crippen LogP contribution in [0.4, 0.5) is 0 Å². The van der Waals surface area contributed by atoms with Gasteiger partial charge in [0, 0.05) is 0 Å². The van der Waals surface area contributed by atoms with Crippen LogP contribution in [-0.4, -0.2) is 403 Å². The first-order chi connectivity index (χ1) is 55.0. The van der Waals surface area contributed by atoms with Crippen LogP contribution >= 0.6 is 0 Å². The van der Waals surface area contributed by atoms with Gasteiger partial charge >= 0.3 is 11.9 Å². The van der Waals surface area contributed by atoms with E-state index in [1.807, 2.05) is 0 Å². The molecule has 8 aliphatic heterocycles. The van der Waals surface area contributed by atoms with Crippen LogP contribution in [0.2, 0.25) is 0 Å². The first-order valence-corrected chi connectivity index (χ1v) is 40.4. The number of carboxylic acids is 1. The minimum absolute atomic E-state index is 0.00873. The highest BCUT2D eigenvalue weighted by molar-refractivity contribution is 5.79. The van der Waals surface area contributed by atoms with E-state index >= 15 is 4.79 Å². The molecule has 5 aliphatic carbocycles. The number of aliphatic hydroxyl groups is 21. The highest BCUT2D eigenvalue weighted by atomic mass is 16.8. The number of hydrogen-bond donors (Lipinski definition) is 22. The van der Waals surface area contributed by atoms with Crippen LogP contribution in [0.5, 0.6) is 0 Å². The fourth-order valence-electron chi connectivity index (χ4n) is 21.5. The summed E-state index contributed by atoms with van der Waals surface area (Å²) in [6.07, 6.45) is -68.5. The first kappa shape index (κ1) is 91.6. The molecule has 41 heteroatoms. The highest BCUT2D eigenvalue weighted by Gasteiger charge is 2.72. The molecule has 22 N–H and O–H groups in total. The van der Waals surface area contributed by atoms with Gasteiger partial charge in [0.2, 0.25) is 6.29 Å². The molecule has 12 fully saturated rings. The Morgan fingerprint density at radius 2 is 0.872 bits per heavy atom. The molecular formula is C76H120O41. The number of aliphatic hydroxyl groups excluding tert-OH is 21. The Morgan fingerprint density at radius 1 is 0.436 bits per heavy atom. The van der Waals surface area contributed by atoms with E-state index in [1.54, 1.807) is 6.92 Å². The van der Waals surface area contributed by atoms with Gasteiger partial charge in [0.25, 0.3) is 0 Å². The maximum Gasteiger partial charge on any atom is 0.335 e. The number of hydrogen-bond acceptors (Lipinski definition) is 40. The number of carbonyl (C=O) groups is 3. The molecule has 0 aromatic heterocycles. The van der Waals surface area contributed by atoms with Gasteiger partial charge in [-0.1, -0.05) is 53.2 Å². The summed E-state index contributed by atoms with van der Waals surface area (Å²) in [6.45, 7) is 11.0. The number of esters is 1. The summed E-state index contributed by atoms with van der Waals surface area (Å²) >= 11 is 0. The molecule has 0 aromatic rings. The molecule has 0 spiro atoms. The Hall–Kier alpha value is -3.09. The van der Waals surface area contributed by atoms with E-state index in [4.69, 9.17) is 75.8 Å². The summed E-state index contributed by atoms with van der Waals surface area (Å²) in [6, 6.07) is 0. The van der Waals surface area contributed by atoms with Crippen LogP contribution in [0.25, 0.3) is 0 Å². The Kier molecular flexibility index (Phi) is 27.4. The van der Waals surface area contributed by atoms with E-state index in [1.165, 1.54) is 13.8 Å². The fraction of sp³-hybridized carbons (Fsp3) is 0.934. The molecule has 13 rings (SSSR count). The zero-order valence-electron chi connectivity index (χ0n) is 66.1. The summed E-state index contributed by atoms with van der Waals surface area (Å²) in [5, 5.41) is 242. The second kappa shape index (κ2) is 35.0. The maximum atomic E-state index is 15.9. The smallest absolute Gasteiger partial charge is 0.335 e. The Labute approximate surface area is 672 Å². The number of fused-ring (bicyclic) bond motifs is 7. The van der Waals surface area contributed by atoms with Crippen LogP contribution in [0, 0.1) is 50.2 Å². The van der Waals surface area contributed by atoms with Crippen LogP contribution in [-0.2, 0) is 90.2 Å². The van der Waals surface area contributed by atoms with E-state index in [2.05, 4.69) is 40.7 Å². The molecule has 0 radical (unpaired) electrons. The molecule has 0 unspecified atom stereocenters. The Bertz CT molecular complexity index is 3440. The van der Waals surface area contributed by atoms with Crippen molar-refractivity contribution in [2.24, 2.45) is 50.2 Å². The molecule has 4 saturated carbocycles. The molecule has 0 amide bonds. The highest BCUT2D eigenvalue weighted by Crippen LogP contribution is 2.76. The van der Waals surface area contributed by atoms with E-state index in [9.17, 15) is 122 Å². The molecule has 0 bridgehead atoms. The van der Waals surface area contributed by atoms with Crippen LogP contribution in [0.1, 0.15) is 120 Å². The number of aliphatic carboxylic acids is 1. The van der Waals surface area contributed by atoms with Gasteiger partial charge in [-0.25, -0.2) is 4.79 Å². The third-order valence-corrected chi connectivity index (χ3v) is 29.0. The number of ether oxygens (including phenoxy) is 16. The number of allylic oxidation sites excluding steroid dienone is 2. The van der Waals surface area contributed by atoms with E-state index in [0.29, 0.717) is 51.4 Å². The largest absolute Gasteiger partial charge is 0.479 e. The molecule has 0 aromatic carbocycles. The number of carbonyl (C=O) groups excluding carboxylic acids is 2. The predicted molar refractivity (Wildman–Crippen MR) is 379 cm³/mol. The van der Waals surface area contributed by atoms with Gasteiger partial charge in [-0.2, -0.15) is 0 Å². The maximum absolute atomic E-state index is 15.9. The Balaban J connectivity index is 0.808. The Morgan fingerprint density at radius 3 is 1.40 bits per heavy atom. The van der Waals surface area contributed by atoms with Crippen molar-refractivity contribution in [2.45, 2.75) is 359 Å². The number of rotatable bonds is 21. The lowest BCUT2D eigenvalue weighted by Crippen LogP contribution is -2.70. The third kappa shape index (κ3) is 16.2. The topological polar surface area (TPSA) is 644 Å². The van der Waals surface area contributed by atoms with Gasteiger partial charge in [0.1, 0.15) is 165 Å². The zero-order chi connectivity index (χ0) is 85.3. The molecule has 47 atom stereocenters. The predicted octanol–water partition coefficient (Wildman–Crippen LogP) is -8.13. The number of carboxylic acid groups (broad SMARTS) is 1. The summed E-state index contributed by atoms with van der Waals surface area (Å²) in [4.78, 5) is 44.6. The second-order valence-corrected chi connectivity index (χ2v) is 36.3. The third-order valence-electron chi connectivity index (χ3n) is 29.0. The zero-order valence-corrected chi connectivity index (χ0v) is 66.1. The lowest BCUT2D eigenvalue weighted by atomic mass is 9.33. The van der Waals surface area contributed by atoms with Crippen molar-refractivity contribution in [2.75, 3.05) is 33.0 Å². The van der Waals surface area contributed by atoms with Crippen molar-refractivity contribution in [3.05, 3.63) is 11.6 Å². The lowest BCUT2D eigenvalue weighted by Gasteiger charge is -2.71. The molecule has 8 saturated heterocycles. The lowest BCUT2D eigenvalue weighted by molar-refractivity contribution is -0.414. The van der Waals surface area contributed by atoms with E-state index in [0.717, 1.165) is 11.9 Å². The van der Waals surface area contributed by atoms with Crippen molar-refractivity contribution < 1.29 is 203 Å². The van der Waals surface area contributed by atoms with Crippen LogP contribution in [0.3, 0.4) is 0 Å². The summed E-state index contributed by atoms with van der Waals surface area (Å²) in [5.74, 6) is -3.86. The summed E-state index contributed by atoms with van der Waals surface area (Å²) in [7, 11) is 0. The van der Waals surface area contributed by atoms with Crippen molar-refractivity contribution in [3.63, 3.8) is 0 Å². The van der Waals surface area contributed by atoms with Gasteiger partial charge in [0.15, 0.2) is 56.2 Å². The van der Waals surface area contributed by atoms with Gasteiger partial charge < -0.3 is 193 Å². The molecule has 117 heavy (non-hydrogen) atoms. The van der Waals surface area contributed by atoms with Gasteiger partial charge in [-0.05, 0) is 117 Å². The van der Waals surface area contributed by atoms with Crippen LogP contribution in [0.15, 0.2) is 11.6 Å². The normalized spacial score (nSPS) is 54.6. The van der Waals surface area contributed by atoms with Gasteiger partial charge in [-0.15, -0.1) is 0 Å². The average molecular weight is 1690 g/mol. The monoisotopic (exact) mass is 1690 g/mol.